The maximum absolute atomic E-state index is 13.4. The maximum atomic E-state index is 13.4. The standard InChI is InChI=1S/C25H27ClN6O5/c1-11-7-13(12(2)27-17-5-6-18(26)28-21(17)23(34)35)19-14(8-11)22(33)31(3)24(29-19)32-9-15-16(10-32)20(15)30-25(36)37-4/h5-8,12,15-16,20,27H,9-10H2,1-4H3,(H,30,36)(H,34,35)/t12-,15+,16+/m0/s1. The van der Waals surface area contributed by atoms with E-state index < -0.39 is 18.1 Å². The zero-order chi connectivity index (χ0) is 26.6. The number of rotatable bonds is 6. The third-order valence-electron chi connectivity index (χ3n) is 7.18. The number of alkyl carbamates (subject to hydrolysis) is 1. The lowest BCUT2D eigenvalue weighted by atomic mass is 10.0. The number of ether oxygens (including phenoxy) is 1. The average molecular weight is 527 g/mol. The molecule has 1 aromatic carbocycles. The first kappa shape index (κ1) is 24.8. The van der Waals surface area contributed by atoms with Crippen LogP contribution in [-0.4, -0.2) is 57.9 Å². The smallest absolute Gasteiger partial charge is 0.407 e. The Morgan fingerprint density at radius 3 is 2.57 bits per heavy atom. The van der Waals surface area contributed by atoms with Gasteiger partial charge >= 0.3 is 12.1 Å². The van der Waals surface area contributed by atoms with Gasteiger partial charge in [0.15, 0.2) is 5.69 Å². The summed E-state index contributed by atoms with van der Waals surface area (Å²) in [6.07, 6.45) is -0.439. The van der Waals surface area contributed by atoms with Crippen molar-refractivity contribution in [2.24, 2.45) is 18.9 Å². The normalized spacial score (nSPS) is 20.9. The van der Waals surface area contributed by atoms with Crippen molar-refractivity contribution in [2.45, 2.75) is 25.9 Å². The summed E-state index contributed by atoms with van der Waals surface area (Å²) < 4.78 is 6.26. The quantitative estimate of drug-likeness (QED) is 0.414. The van der Waals surface area contributed by atoms with Gasteiger partial charge < -0.3 is 25.4 Å². The minimum Gasteiger partial charge on any atom is -0.476 e. The van der Waals surface area contributed by atoms with Crippen LogP contribution >= 0.6 is 11.6 Å². The van der Waals surface area contributed by atoms with Crippen molar-refractivity contribution in [1.29, 1.82) is 0 Å². The second kappa shape index (κ2) is 9.22. The first-order chi connectivity index (χ1) is 17.6. The number of pyridine rings is 1. The van der Waals surface area contributed by atoms with Crippen molar-refractivity contribution < 1.29 is 19.4 Å². The van der Waals surface area contributed by atoms with Gasteiger partial charge in [-0.3, -0.25) is 9.36 Å². The van der Waals surface area contributed by atoms with Crippen molar-refractivity contribution in [3.8, 4) is 0 Å². The number of hydrogen-bond acceptors (Lipinski definition) is 8. The lowest BCUT2D eigenvalue weighted by Gasteiger charge is -2.25. The highest BCUT2D eigenvalue weighted by Crippen LogP contribution is 2.46. The molecule has 0 bridgehead atoms. The molecule has 1 aliphatic heterocycles. The molecule has 3 aromatic rings. The first-order valence-corrected chi connectivity index (χ1v) is 12.2. The predicted octanol–water partition coefficient (Wildman–Crippen LogP) is 2.95. The minimum atomic E-state index is -1.20. The molecular formula is C25H27ClN6O5. The molecule has 2 fully saturated rings. The van der Waals surface area contributed by atoms with Crippen LogP contribution in [0, 0.1) is 18.8 Å². The van der Waals surface area contributed by atoms with Crippen molar-refractivity contribution in [2.75, 3.05) is 30.4 Å². The molecule has 3 N–H and O–H groups in total. The Labute approximate surface area is 217 Å². The molecule has 2 aromatic heterocycles. The average Bonchev–Trinajstić information content (AvgIpc) is 3.28. The largest absolute Gasteiger partial charge is 0.476 e. The molecule has 3 atom stereocenters. The van der Waals surface area contributed by atoms with Crippen molar-refractivity contribution in [3.63, 3.8) is 0 Å². The number of hydrogen-bond donors (Lipinski definition) is 3. The summed E-state index contributed by atoms with van der Waals surface area (Å²) in [6.45, 7) is 5.11. The number of carbonyl (C=O) groups is 2. The van der Waals surface area contributed by atoms with Gasteiger partial charge in [-0.15, -0.1) is 0 Å². The van der Waals surface area contributed by atoms with Gasteiger partial charge in [-0.25, -0.2) is 19.6 Å². The number of carbonyl (C=O) groups excluding carboxylic acids is 1. The second-order valence-electron chi connectivity index (χ2n) is 9.62. The summed E-state index contributed by atoms with van der Waals surface area (Å²) >= 11 is 5.90. The van der Waals surface area contributed by atoms with Crippen LogP contribution in [0.4, 0.5) is 16.4 Å². The summed E-state index contributed by atoms with van der Waals surface area (Å²) in [4.78, 5) is 47.6. The Morgan fingerprint density at radius 1 is 1.22 bits per heavy atom. The molecule has 5 rings (SSSR count). The molecule has 3 heterocycles. The van der Waals surface area contributed by atoms with Crippen molar-refractivity contribution in [1.82, 2.24) is 19.9 Å². The molecule has 11 nitrogen and oxygen atoms in total. The summed E-state index contributed by atoms with van der Waals surface area (Å²) in [5.74, 6) is -0.0976. The fraction of sp³-hybridized carbons (Fsp3) is 0.400. The number of halogens is 1. The molecule has 194 valence electrons. The number of piperidine rings is 1. The number of fused-ring (bicyclic) bond motifs is 2. The second-order valence-corrected chi connectivity index (χ2v) is 10.0. The molecule has 0 unspecified atom stereocenters. The van der Waals surface area contributed by atoms with Gasteiger partial charge in [0.1, 0.15) is 5.15 Å². The number of benzene rings is 1. The third kappa shape index (κ3) is 4.43. The number of aryl methyl sites for hydroxylation is 1. The number of carboxylic acids is 1. The molecule has 1 saturated carbocycles. The van der Waals surface area contributed by atoms with Crippen LogP contribution in [0.25, 0.3) is 10.9 Å². The van der Waals surface area contributed by atoms with Gasteiger partial charge in [0.2, 0.25) is 5.95 Å². The van der Waals surface area contributed by atoms with Crippen LogP contribution in [0.15, 0.2) is 29.1 Å². The molecule has 0 spiro atoms. The van der Waals surface area contributed by atoms with E-state index in [1.54, 1.807) is 17.7 Å². The molecule has 1 amide bonds. The summed E-state index contributed by atoms with van der Waals surface area (Å²) in [5, 5.41) is 16.2. The van der Waals surface area contributed by atoms with E-state index in [9.17, 15) is 19.5 Å². The highest BCUT2D eigenvalue weighted by Gasteiger charge is 2.57. The first-order valence-electron chi connectivity index (χ1n) is 11.9. The number of amides is 1. The van der Waals surface area contributed by atoms with Gasteiger partial charge in [-0.05, 0) is 37.6 Å². The molecule has 2 aliphatic rings. The minimum absolute atomic E-state index is 0.0695. The van der Waals surface area contributed by atoms with E-state index in [0.29, 0.717) is 35.6 Å². The highest BCUT2D eigenvalue weighted by molar-refractivity contribution is 6.29. The molecule has 37 heavy (non-hydrogen) atoms. The van der Waals surface area contributed by atoms with Crippen molar-refractivity contribution >= 4 is 46.2 Å². The van der Waals surface area contributed by atoms with Gasteiger partial charge in [-0.1, -0.05) is 17.7 Å². The Bertz CT molecular complexity index is 1480. The van der Waals surface area contributed by atoms with E-state index in [2.05, 4.69) is 20.5 Å². The van der Waals surface area contributed by atoms with Crippen LogP contribution in [0.1, 0.15) is 34.6 Å². The van der Waals surface area contributed by atoms with E-state index in [1.807, 2.05) is 26.0 Å². The summed E-state index contributed by atoms with van der Waals surface area (Å²) in [7, 11) is 3.05. The summed E-state index contributed by atoms with van der Waals surface area (Å²) in [5.41, 5.74) is 2.15. The number of carboxylic acid groups (broad SMARTS) is 1. The number of nitrogens with one attached hydrogen (secondary N) is 2. The third-order valence-corrected chi connectivity index (χ3v) is 7.39. The van der Waals surface area contributed by atoms with Crippen LogP contribution in [-0.2, 0) is 11.8 Å². The Hall–Kier alpha value is -3.86. The van der Waals surface area contributed by atoms with Crippen molar-refractivity contribution in [3.05, 3.63) is 56.6 Å². The number of nitrogens with zero attached hydrogens (tertiary/aromatic N) is 4. The van der Waals surface area contributed by atoms with Crippen LogP contribution in [0.5, 0.6) is 0 Å². The Kier molecular flexibility index (Phi) is 6.18. The highest BCUT2D eigenvalue weighted by atomic mass is 35.5. The van der Waals surface area contributed by atoms with E-state index in [1.165, 1.54) is 13.2 Å². The SMILES string of the molecule is COC(=O)NC1[C@@H]2CN(c3nc4c([C@H](C)Nc5ccc(Cl)nc5C(=O)O)cc(C)cc4c(=O)n3C)C[C@@H]12. The van der Waals surface area contributed by atoms with E-state index >= 15 is 0 Å². The van der Waals surface area contributed by atoms with E-state index in [0.717, 1.165) is 11.1 Å². The zero-order valence-electron chi connectivity index (χ0n) is 20.8. The predicted molar refractivity (Wildman–Crippen MR) is 138 cm³/mol. The fourth-order valence-corrected chi connectivity index (χ4v) is 5.43. The van der Waals surface area contributed by atoms with Gasteiger partial charge in [0.25, 0.3) is 5.56 Å². The molecule has 1 aliphatic carbocycles. The number of methoxy groups -OCH3 is 1. The zero-order valence-corrected chi connectivity index (χ0v) is 21.5. The summed E-state index contributed by atoms with van der Waals surface area (Å²) in [6, 6.07) is 6.52. The van der Waals surface area contributed by atoms with Gasteiger partial charge in [0, 0.05) is 43.6 Å². The Morgan fingerprint density at radius 2 is 1.92 bits per heavy atom. The monoisotopic (exact) mass is 526 g/mol. The molecule has 12 heteroatoms. The topological polar surface area (TPSA) is 139 Å². The Balaban J connectivity index is 1.49. The lowest BCUT2D eigenvalue weighted by molar-refractivity contribution is 0.0691. The van der Waals surface area contributed by atoms with E-state index in [4.69, 9.17) is 21.3 Å². The van der Waals surface area contributed by atoms with E-state index in [-0.39, 0.29) is 34.3 Å². The van der Waals surface area contributed by atoms with Gasteiger partial charge in [0.05, 0.1) is 29.7 Å². The van der Waals surface area contributed by atoms with Gasteiger partial charge in [-0.2, -0.15) is 0 Å². The fourth-order valence-electron chi connectivity index (χ4n) is 5.28. The number of aromatic nitrogens is 3. The molecular weight excluding hydrogens is 500 g/mol. The van der Waals surface area contributed by atoms with Crippen LogP contribution in [0.3, 0.4) is 0 Å². The number of aromatic carboxylic acids is 1. The lowest BCUT2D eigenvalue weighted by Crippen LogP contribution is -2.37. The molecule has 0 radical (unpaired) electrons. The number of anilines is 2. The van der Waals surface area contributed by atoms with Crippen LogP contribution < -0.4 is 21.1 Å². The molecule has 1 saturated heterocycles. The maximum Gasteiger partial charge on any atom is 0.407 e. The van der Waals surface area contributed by atoms with Crippen LogP contribution in [0.2, 0.25) is 5.15 Å².